The maximum absolute atomic E-state index is 10.8. The Morgan fingerprint density at radius 2 is 1.67 bits per heavy atom. The molecule has 2 aromatic carbocycles. The van der Waals surface area contributed by atoms with Crippen molar-refractivity contribution in [1.29, 1.82) is 0 Å². The highest BCUT2D eigenvalue weighted by Crippen LogP contribution is 2.23. The van der Waals surface area contributed by atoms with E-state index in [2.05, 4.69) is 0 Å². The number of carboxylic acid groups (broad SMARTS) is 1. The van der Waals surface area contributed by atoms with Crippen molar-refractivity contribution >= 4 is 5.97 Å². The van der Waals surface area contributed by atoms with Gasteiger partial charge in [-0.15, -0.1) is 0 Å². The Kier molecular flexibility index (Phi) is 4.45. The lowest BCUT2D eigenvalue weighted by Gasteiger charge is -2.10. The van der Waals surface area contributed by atoms with Crippen molar-refractivity contribution < 1.29 is 20.1 Å². The molecule has 0 fully saturated rings. The van der Waals surface area contributed by atoms with Gasteiger partial charge in [-0.05, 0) is 41.3 Å². The highest BCUT2D eigenvalue weighted by molar-refractivity contribution is 5.73. The number of phenolic OH excluding ortho intramolecular Hbond substituents is 2. The zero-order valence-electron chi connectivity index (χ0n) is 11.4. The van der Waals surface area contributed by atoms with Gasteiger partial charge in [-0.3, -0.25) is 4.79 Å². The van der Waals surface area contributed by atoms with Crippen LogP contribution in [0.5, 0.6) is 11.5 Å². The normalized spacial score (nSPS) is 12.0. The van der Waals surface area contributed by atoms with Crippen LogP contribution < -0.4 is 5.73 Å². The minimum Gasteiger partial charge on any atom is -0.508 e. The average Bonchev–Trinajstić information content (AvgIpc) is 2.44. The molecule has 0 aromatic heterocycles. The number of hydrogen-bond donors (Lipinski definition) is 4. The summed E-state index contributed by atoms with van der Waals surface area (Å²) in [5.74, 6) is -0.719. The molecule has 0 spiro atoms. The second-order valence-electron chi connectivity index (χ2n) is 4.96. The van der Waals surface area contributed by atoms with Crippen LogP contribution in [0.2, 0.25) is 0 Å². The number of nitrogens with two attached hydrogens (primary N) is 1. The molecule has 0 saturated carbocycles. The Morgan fingerprint density at radius 1 is 1.05 bits per heavy atom. The van der Waals surface area contributed by atoms with Crippen molar-refractivity contribution in [3.8, 4) is 11.5 Å². The molecule has 5 heteroatoms. The van der Waals surface area contributed by atoms with E-state index in [1.54, 1.807) is 42.5 Å². The van der Waals surface area contributed by atoms with Gasteiger partial charge >= 0.3 is 5.97 Å². The summed E-state index contributed by atoms with van der Waals surface area (Å²) in [6.07, 6.45) is 0.695. The van der Waals surface area contributed by atoms with Crippen molar-refractivity contribution in [2.75, 3.05) is 0 Å². The van der Waals surface area contributed by atoms with E-state index in [0.29, 0.717) is 12.0 Å². The summed E-state index contributed by atoms with van der Waals surface area (Å²) < 4.78 is 0. The van der Waals surface area contributed by atoms with Crippen molar-refractivity contribution in [3.63, 3.8) is 0 Å². The number of carboxylic acids is 1. The number of aromatic hydroxyl groups is 2. The third-order valence-electron chi connectivity index (χ3n) is 3.25. The summed E-state index contributed by atoms with van der Waals surface area (Å²) in [7, 11) is 0. The Hall–Kier alpha value is -2.53. The quantitative estimate of drug-likeness (QED) is 0.669. The third-order valence-corrected chi connectivity index (χ3v) is 3.25. The minimum atomic E-state index is -1.05. The van der Waals surface area contributed by atoms with Crippen LogP contribution >= 0.6 is 0 Å². The van der Waals surface area contributed by atoms with Crippen LogP contribution in [0.15, 0.2) is 42.5 Å². The van der Waals surface area contributed by atoms with Crippen LogP contribution in [0.1, 0.15) is 16.7 Å². The Labute approximate surface area is 122 Å². The molecule has 0 bridgehead atoms. The SMILES string of the molecule is N[C@@H](Cc1ccc(O)c(Cc2ccc(O)cc2)c1)C(=O)O. The number of hydrogen-bond acceptors (Lipinski definition) is 4. The lowest BCUT2D eigenvalue weighted by molar-refractivity contribution is -0.138. The summed E-state index contributed by atoms with van der Waals surface area (Å²) >= 11 is 0. The van der Waals surface area contributed by atoms with E-state index in [-0.39, 0.29) is 17.9 Å². The largest absolute Gasteiger partial charge is 0.508 e. The number of phenols is 2. The zero-order valence-corrected chi connectivity index (χ0v) is 11.4. The van der Waals surface area contributed by atoms with Crippen LogP contribution in [0.3, 0.4) is 0 Å². The van der Waals surface area contributed by atoms with Crippen molar-refractivity contribution in [2.24, 2.45) is 5.73 Å². The molecule has 0 aliphatic heterocycles. The molecule has 0 aliphatic rings. The van der Waals surface area contributed by atoms with E-state index in [1.807, 2.05) is 0 Å². The maximum Gasteiger partial charge on any atom is 0.320 e. The summed E-state index contributed by atoms with van der Waals surface area (Å²) in [6.45, 7) is 0. The molecule has 0 radical (unpaired) electrons. The van der Waals surface area contributed by atoms with Gasteiger partial charge in [-0.25, -0.2) is 0 Å². The van der Waals surface area contributed by atoms with Gasteiger partial charge < -0.3 is 21.1 Å². The molecule has 110 valence electrons. The first-order valence-corrected chi connectivity index (χ1v) is 6.53. The molecule has 0 heterocycles. The van der Waals surface area contributed by atoms with Crippen molar-refractivity contribution in [2.45, 2.75) is 18.9 Å². The highest BCUT2D eigenvalue weighted by Gasteiger charge is 2.13. The fourth-order valence-corrected chi connectivity index (χ4v) is 2.08. The van der Waals surface area contributed by atoms with Gasteiger partial charge in [-0.2, -0.15) is 0 Å². The predicted molar refractivity (Wildman–Crippen MR) is 78.3 cm³/mol. The molecule has 0 unspecified atom stereocenters. The standard InChI is InChI=1S/C16H17NO4/c17-14(16(20)21)9-11-3-6-15(19)12(8-11)7-10-1-4-13(18)5-2-10/h1-6,8,14,18-19H,7,9,17H2,(H,20,21)/t14-/m0/s1. The van der Waals surface area contributed by atoms with Gasteiger partial charge in [0, 0.05) is 6.42 Å². The molecule has 2 aromatic rings. The van der Waals surface area contributed by atoms with E-state index in [1.165, 1.54) is 0 Å². The lowest BCUT2D eigenvalue weighted by Crippen LogP contribution is -2.32. The molecule has 5 nitrogen and oxygen atoms in total. The van der Waals surface area contributed by atoms with Crippen LogP contribution in [-0.2, 0) is 17.6 Å². The van der Waals surface area contributed by atoms with Gasteiger partial charge in [0.2, 0.25) is 0 Å². The number of rotatable bonds is 5. The number of carbonyl (C=O) groups is 1. The van der Waals surface area contributed by atoms with Crippen molar-refractivity contribution in [3.05, 3.63) is 59.2 Å². The van der Waals surface area contributed by atoms with E-state index in [0.717, 1.165) is 11.1 Å². The van der Waals surface area contributed by atoms with Crippen LogP contribution in [0.4, 0.5) is 0 Å². The van der Waals surface area contributed by atoms with Crippen molar-refractivity contribution in [1.82, 2.24) is 0 Å². The van der Waals surface area contributed by atoms with Gasteiger partial charge in [0.1, 0.15) is 17.5 Å². The van der Waals surface area contributed by atoms with Gasteiger partial charge in [0.15, 0.2) is 0 Å². The average molecular weight is 287 g/mol. The van der Waals surface area contributed by atoms with Crippen LogP contribution in [0, 0.1) is 0 Å². The van der Waals surface area contributed by atoms with Gasteiger partial charge in [0.25, 0.3) is 0 Å². The highest BCUT2D eigenvalue weighted by atomic mass is 16.4. The van der Waals surface area contributed by atoms with Gasteiger partial charge in [-0.1, -0.05) is 24.3 Å². The van der Waals surface area contributed by atoms with E-state index in [4.69, 9.17) is 10.8 Å². The molecule has 0 saturated heterocycles. The zero-order chi connectivity index (χ0) is 15.4. The monoisotopic (exact) mass is 287 g/mol. The van der Waals surface area contributed by atoms with Crippen LogP contribution in [-0.4, -0.2) is 27.3 Å². The van der Waals surface area contributed by atoms with E-state index >= 15 is 0 Å². The number of benzene rings is 2. The first kappa shape index (κ1) is 14.9. The summed E-state index contributed by atoms with van der Waals surface area (Å²) in [4.78, 5) is 10.8. The summed E-state index contributed by atoms with van der Waals surface area (Å²) in [5, 5.41) is 28.0. The van der Waals surface area contributed by atoms with E-state index < -0.39 is 12.0 Å². The Bertz CT molecular complexity index is 637. The second-order valence-corrected chi connectivity index (χ2v) is 4.96. The van der Waals surface area contributed by atoms with Gasteiger partial charge in [0.05, 0.1) is 0 Å². The first-order valence-electron chi connectivity index (χ1n) is 6.53. The molecule has 1 atom stereocenters. The summed E-state index contributed by atoms with van der Waals surface area (Å²) in [6, 6.07) is 10.7. The van der Waals surface area contributed by atoms with Crippen LogP contribution in [0.25, 0.3) is 0 Å². The molecule has 21 heavy (non-hydrogen) atoms. The predicted octanol–water partition coefficient (Wildman–Crippen LogP) is 1.64. The Balaban J connectivity index is 2.19. The smallest absolute Gasteiger partial charge is 0.320 e. The fraction of sp³-hybridized carbons (Fsp3) is 0.188. The molecule has 0 aliphatic carbocycles. The maximum atomic E-state index is 10.8. The summed E-state index contributed by atoms with van der Waals surface area (Å²) in [5.41, 5.74) is 7.90. The fourth-order valence-electron chi connectivity index (χ4n) is 2.08. The molecule has 0 amide bonds. The minimum absolute atomic E-state index is 0.149. The van der Waals surface area contributed by atoms with E-state index in [9.17, 15) is 15.0 Å². The first-order chi connectivity index (χ1) is 9.95. The molecular weight excluding hydrogens is 270 g/mol. The molecule has 5 N–H and O–H groups in total. The molecule has 2 rings (SSSR count). The third kappa shape index (κ3) is 3.97. The lowest BCUT2D eigenvalue weighted by atomic mass is 9.99. The second kappa shape index (κ2) is 6.28. The molecular formula is C16H17NO4. The number of aliphatic carboxylic acids is 1. The Morgan fingerprint density at radius 3 is 2.29 bits per heavy atom. The topological polar surface area (TPSA) is 104 Å².